The molecular weight excluding hydrogens is 196 g/mol. The summed E-state index contributed by atoms with van der Waals surface area (Å²) in [5.74, 6) is -0.139. The minimum atomic E-state index is -0.404. The van der Waals surface area contributed by atoms with Gasteiger partial charge in [0, 0.05) is 20.2 Å². The van der Waals surface area contributed by atoms with Gasteiger partial charge in [0.15, 0.2) is 0 Å². The van der Waals surface area contributed by atoms with E-state index < -0.39 is 5.60 Å². The lowest BCUT2D eigenvalue weighted by Crippen LogP contribution is -2.41. The van der Waals surface area contributed by atoms with E-state index in [2.05, 4.69) is 5.32 Å². The smallest absolute Gasteiger partial charge is 0.246 e. The van der Waals surface area contributed by atoms with Gasteiger partial charge < -0.3 is 20.5 Å². The number of hydrogen-bond donors (Lipinski definition) is 2. The van der Waals surface area contributed by atoms with Crippen molar-refractivity contribution in [3.63, 3.8) is 0 Å². The Morgan fingerprint density at radius 3 is 2.67 bits per heavy atom. The first-order chi connectivity index (χ1) is 7.08. The van der Waals surface area contributed by atoms with Crippen LogP contribution in [0.3, 0.4) is 0 Å². The minimum Gasteiger partial charge on any atom is -0.383 e. The lowest BCUT2D eigenvalue weighted by Gasteiger charge is -2.26. The third-order valence-electron chi connectivity index (χ3n) is 2.36. The van der Waals surface area contributed by atoms with Crippen LogP contribution < -0.4 is 11.1 Å². The van der Waals surface area contributed by atoms with Crippen LogP contribution >= 0.6 is 0 Å². The van der Waals surface area contributed by atoms with Crippen LogP contribution in [0.2, 0.25) is 0 Å². The Labute approximate surface area is 91.3 Å². The predicted molar refractivity (Wildman–Crippen MR) is 58.6 cm³/mol. The molecule has 0 radical (unpaired) electrons. The molecule has 5 nitrogen and oxygen atoms in total. The molecule has 0 rings (SSSR count). The Hall–Kier alpha value is -0.650. The van der Waals surface area contributed by atoms with Gasteiger partial charge in [-0.1, -0.05) is 6.92 Å². The van der Waals surface area contributed by atoms with Gasteiger partial charge in [0.25, 0.3) is 0 Å². The Bertz CT molecular complexity index is 182. The molecule has 0 spiro atoms. The number of rotatable bonds is 8. The van der Waals surface area contributed by atoms with Crippen LogP contribution in [0.25, 0.3) is 0 Å². The van der Waals surface area contributed by atoms with E-state index in [1.807, 2.05) is 13.8 Å². The van der Waals surface area contributed by atoms with Gasteiger partial charge in [-0.3, -0.25) is 4.79 Å². The molecule has 1 amide bonds. The fourth-order valence-corrected chi connectivity index (χ4v) is 0.889. The van der Waals surface area contributed by atoms with Gasteiger partial charge in [0.05, 0.1) is 12.2 Å². The highest BCUT2D eigenvalue weighted by molar-refractivity contribution is 5.77. The Kier molecular flexibility index (Phi) is 7.29. The van der Waals surface area contributed by atoms with E-state index in [4.69, 9.17) is 15.2 Å². The maximum absolute atomic E-state index is 11.3. The second-order valence-electron chi connectivity index (χ2n) is 3.64. The summed E-state index contributed by atoms with van der Waals surface area (Å²) in [6.07, 6.45) is 0.787. The van der Waals surface area contributed by atoms with Crippen LogP contribution in [-0.2, 0) is 14.3 Å². The summed E-state index contributed by atoms with van der Waals surface area (Å²) in [6, 6.07) is 0. The predicted octanol–water partition coefficient (Wildman–Crippen LogP) is -0.107. The molecule has 0 aromatic heterocycles. The summed E-state index contributed by atoms with van der Waals surface area (Å²) in [7, 11) is 1.59. The van der Waals surface area contributed by atoms with Crippen LogP contribution in [0.4, 0.5) is 0 Å². The molecule has 15 heavy (non-hydrogen) atoms. The van der Waals surface area contributed by atoms with Gasteiger partial charge in [0.2, 0.25) is 5.91 Å². The highest BCUT2D eigenvalue weighted by Crippen LogP contribution is 2.12. The summed E-state index contributed by atoms with van der Waals surface area (Å²) < 4.78 is 10.2. The summed E-state index contributed by atoms with van der Waals surface area (Å²) in [5, 5.41) is 2.67. The van der Waals surface area contributed by atoms with Crippen molar-refractivity contribution < 1.29 is 14.3 Å². The molecule has 0 aromatic carbocycles. The molecule has 0 saturated heterocycles. The molecule has 0 bridgehead atoms. The van der Waals surface area contributed by atoms with Crippen LogP contribution in [0.5, 0.6) is 0 Å². The summed E-state index contributed by atoms with van der Waals surface area (Å²) in [5.41, 5.74) is 5.14. The second kappa shape index (κ2) is 7.62. The zero-order chi connectivity index (χ0) is 11.7. The molecule has 0 aliphatic carbocycles. The first-order valence-electron chi connectivity index (χ1n) is 5.17. The average molecular weight is 218 g/mol. The molecular formula is C10H22N2O3. The first-order valence-corrected chi connectivity index (χ1v) is 5.17. The van der Waals surface area contributed by atoms with E-state index >= 15 is 0 Å². The quantitative estimate of drug-likeness (QED) is 0.558. The number of ether oxygens (including phenoxy) is 2. The van der Waals surface area contributed by atoms with E-state index in [0.29, 0.717) is 19.7 Å². The third-order valence-corrected chi connectivity index (χ3v) is 2.36. The number of carbonyl (C=O) groups is 1. The fourth-order valence-electron chi connectivity index (χ4n) is 0.889. The van der Waals surface area contributed by atoms with Crippen LogP contribution in [-0.4, -0.2) is 44.9 Å². The molecule has 0 saturated carbocycles. The maximum Gasteiger partial charge on any atom is 0.246 e. The van der Waals surface area contributed by atoms with Gasteiger partial charge in [-0.05, 0) is 13.3 Å². The molecule has 1 atom stereocenters. The minimum absolute atomic E-state index is 0.0469. The van der Waals surface area contributed by atoms with E-state index in [0.717, 1.165) is 6.42 Å². The van der Waals surface area contributed by atoms with E-state index in [1.54, 1.807) is 7.11 Å². The zero-order valence-corrected chi connectivity index (χ0v) is 9.84. The number of nitrogens with one attached hydrogen (secondary N) is 1. The first kappa shape index (κ1) is 14.3. The molecule has 1 unspecified atom stereocenters. The van der Waals surface area contributed by atoms with Crippen molar-refractivity contribution in [1.82, 2.24) is 5.32 Å². The van der Waals surface area contributed by atoms with Gasteiger partial charge >= 0.3 is 0 Å². The van der Waals surface area contributed by atoms with Crippen molar-refractivity contribution in [3.05, 3.63) is 0 Å². The van der Waals surface area contributed by atoms with Gasteiger partial charge in [-0.2, -0.15) is 0 Å². The number of nitrogens with two attached hydrogens (primary N) is 1. The molecule has 90 valence electrons. The Morgan fingerprint density at radius 1 is 1.53 bits per heavy atom. The van der Waals surface area contributed by atoms with E-state index in [9.17, 15) is 4.79 Å². The number of methoxy groups -OCH3 is 1. The monoisotopic (exact) mass is 218 g/mol. The standard InChI is InChI=1S/C10H22N2O3/c1-4-10(2,8-11)15-7-9(13)12-5-6-14-3/h4-8,11H2,1-3H3,(H,12,13). The van der Waals surface area contributed by atoms with Crippen LogP contribution in [0.1, 0.15) is 20.3 Å². The van der Waals surface area contributed by atoms with E-state index in [1.165, 1.54) is 0 Å². The molecule has 0 fully saturated rings. The SMILES string of the molecule is CCC(C)(CN)OCC(=O)NCCOC. The zero-order valence-electron chi connectivity index (χ0n) is 9.84. The molecule has 0 aromatic rings. The lowest BCUT2D eigenvalue weighted by molar-refractivity contribution is -0.132. The van der Waals surface area contributed by atoms with Crippen molar-refractivity contribution in [3.8, 4) is 0 Å². The van der Waals surface area contributed by atoms with Gasteiger partial charge in [-0.25, -0.2) is 0 Å². The van der Waals surface area contributed by atoms with Crippen LogP contribution in [0, 0.1) is 0 Å². The van der Waals surface area contributed by atoms with Crippen molar-refractivity contribution >= 4 is 5.91 Å². The average Bonchev–Trinajstić information content (AvgIpc) is 2.26. The second-order valence-corrected chi connectivity index (χ2v) is 3.64. The Morgan fingerprint density at radius 2 is 2.20 bits per heavy atom. The highest BCUT2D eigenvalue weighted by atomic mass is 16.5. The number of carbonyl (C=O) groups excluding carboxylic acids is 1. The molecule has 5 heteroatoms. The lowest BCUT2D eigenvalue weighted by atomic mass is 10.0. The third kappa shape index (κ3) is 6.43. The molecule has 0 aliphatic heterocycles. The number of hydrogen-bond acceptors (Lipinski definition) is 4. The summed E-state index contributed by atoms with van der Waals surface area (Å²) >= 11 is 0. The topological polar surface area (TPSA) is 73.6 Å². The summed E-state index contributed by atoms with van der Waals surface area (Å²) in [6.45, 7) is 5.35. The van der Waals surface area contributed by atoms with Crippen molar-refractivity contribution in [1.29, 1.82) is 0 Å². The fraction of sp³-hybridized carbons (Fsp3) is 0.900. The van der Waals surface area contributed by atoms with Gasteiger partial charge in [-0.15, -0.1) is 0 Å². The van der Waals surface area contributed by atoms with E-state index in [-0.39, 0.29) is 12.5 Å². The highest BCUT2D eigenvalue weighted by Gasteiger charge is 2.21. The molecule has 3 N–H and O–H groups in total. The number of amides is 1. The summed E-state index contributed by atoms with van der Waals surface area (Å²) in [4.78, 5) is 11.3. The van der Waals surface area contributed by atoms with Crippen molar-refractivity contribution in [2.45, 2.75) is 25.9 Å². The maximum atomic E-state index is 11.3. The van der Waals surface area contributed by atoms with Crippen molar-refractivity contribution in [2.75, 3.05) is 33.4 Å². The molecule has 0 aliphatic rings. The van der Waals surface area contributed by atoms with Gasteiger partial charge in [0.1, 0.15) is 6.61 Å². The molecule has 0 heterocycles. The van der Waals surface area contributed by atoms with Crippen molar-refractivity contribution in [2.24, 2.45) is 5.73 Å². The Balaban J connectivity index is 3.69. The van der Waals surface area contributed by atoms with Crippen LogP contribution in [0.15, 0.2) is 0 Å². The normalized spacial score (nSPS) is 14.7. The largest absolute Gasteiger partial charge is 0.383 e.